The first-order chi connectivity index (χ1) is 12.6. The number of halogens is 1. The molecule has 138 valence electrons. The van der Waals surface area contributed by atoms with Gasteiger partial charge < -0.3 is 20.1 Å². The van der Waals surface area contributed by atoms with Gasteiger partial charge in [-0.1, -0.05) is 29.8 Å². The van der Waals surface area contributed by atoms with Crippen molar-refractivity contribution >= 4 is 17.5 Å². The van der Waals surface area contributed by atoms with Gasteiger partial charge in [-0.2, -0.15) is 0 Å². The summed E-state index contributed by atoms with van der Waals surface area (Å²) in [4.78, 5) is 14.5. The Morgan fingerprint density at radius 1 is 1.19 bits per heavy atom. The minimum Gasteiger partial charge on any atom is -0.491 e. The second-order valence-corrected chi connectivity index (χ2v) is 6.62. The summed E-state index contributed by atoms with van der Waals surface area (Å²) in [5.41, 5.74) is 9.10. The zero-order valence-electron chi connectivity index (χ0n) is 14.8. The second kappa shape index (κ2) is 8.54. The lowest BCUT2D eigenvalue weighted by Crippen LogP contribution is -2.40. The summed E-state index contributed by atoms with van der Waals surface area (Å²) in [5.74, 6) is 0.678. The van der Waals surface area contributed by atoms with Crippen LogP contribution in [0.15, 0.2) is 36.4 Å². The van der Waals surface area contributed by atoms with Crippen molar-refractivity contribution < 1.29 is 14.3 Å². The SMILES string of the molecule is Cc1cc(-c2ccc(OCCN)c(Cl)c2)ccc1C(=O)N1CCOCC1. The average molecular weight is 375 g/mol. The Hall–Kier alpha value is -2.08. The summed E-state index contributed by atoms with van der Waals surface area (Å²) in [6, 6.07) is 11.5. The molecule has 0 aromatic heterocycles. The maximum atomic E-state index is 12.7. The van der Waals surface area contributed by atoms with E-state index in [1.165, 1.54) is 0 Å². The number of ether oxygens (including phenoxy) is 2. The Labute approximate surface area is 158 Å². The van der Waals surface area contributed by atoms with Crippen LogP contribution in [0.2, 0.25) is 5.02 Å². The van der Waals surface area contributed by atoms with Gasteiger partial charge in [-0.25, -0.2) is 0 Å². The maximum Gasteiger partial charge on any atom is 0.254 e. The van der Waals surface area contributed by atoms with Crippen molar-refractivity contribution in [3.63, 3.8) is 0 Å². The van der Waals surface area contributed by atoms with Gasteiger partial charge >= 0.3 is 0 Å². The van der Waals surface area contributed by atoms with Crippen molar-refractivity contribution in [2.24, 2.45) is 5.73 Å². The molecule has 1 aliphatic rings. The van der Waals surface area contributed by atoms with Crippen LogP contribution in [0.5, 0.6) is 5.75 Å². The van der Waals surface area contributed by atoms with Gasteiger partial charge in [0.1, 0.15) is 12.4 Å². The monoisotopic (exact) mass is 374 g/mol. The van der Waals surface area contributed by atoms with Gasteiger partial charge in [-0.3, -0.25) is 4.79 Å². The largest absolute Gasteiger partial charge is 0.491 e. The number of rotatable bonds is 5. The molecule has 2 aromatic rings. The number of benzene rings is 2. The third kappa shape index (κ3) is 4.18. The molecule has 26 heavy (non-hydrogen) atoms. The van der Waals surface area contributed by atoms with Crippen LogP contribution < -0.4 is 10.5 Å². The molecule has 0 aliphatic carbocycles. The van der Waals surface area contributed by atoms with Crippen molar-refractivity contribution in [2.75, 3.05) is 39.5 Å². The molecule has 1 fully saturated rings. The lowest BCUT2D eigenvalue weighted by atomic mass is 9.99. The molecule has 0 bridgehead atoms. The Morgan fingerprint density at radius 2 is 1.88 bits per heavy atom. The topological polar surface area (TPSA) is 64.8 Å². The summed E-state index contributed by atoms with van der Waals surface area (Å²) in [6.07, 6.45) is 0. The molecule has 5 nitrogen and oxygen atoms in total. The van der Waals surface area contributed by atoms with Crippen molar-refractivity contribution in [2.45, 2.75) is 6.92 Å². The van der Waals surface area contributed by atoms with E-state index in [0.717, 1.165) is 22.3 Å². The Kier molecular flexibility index (Phi) is 6.14. The van der Waals surface area contributed by atoms with E-state index in [-0.39, 0.29) is 5.91 Å². The molecule has 3 rings (SSSR count). The number of amides is 1. The van der Waals surface area contributed by atoms with Crippen molar-refractivity contribution in [3.05, 3.63) is 52.5 Å². The Balaban J connectivity index is 1.80. The zero-order chi connectivity index (χ0) is 18.5. The number of morpholine rings is 1. The molecule has 2 N–H and O–H groups in total. The summed E-state index contributed by atoms with van der Waals surface area (Å²) < 4.78 is 10.8. The third-order valence-electron chi connectivity index (χ3n) is 4.40. The molecule has 1 heterocycles. The van der Waals surface area contributed by atoms with E-state index in [2.05, 4.69) is 0 Å². The highest BCUT2D eigenvalue weighted by molar-refractivity contribution is 6.32. The molecule has 0 atom stereocenters. The average Bonchev–Trinajstić information content (AvgIpc) is 2.67. The summed E-state index contributed by atoms with van der Waals surface area (Å²) in [7, 11) is 0. The van der Waals surface area contributed by atoms with Crippen molar-refractivity contribution in [3.8, 4) is 16.9 Å². The van der Waals surface area contributed by atoms with E-state index < -0.39 is 0 Å². The van der Waals surface area contributed by atoms with Gasteiger partial charge in [-0.15, -0.1) is 0 Å². The zero-order valence-corrected chi connectivity index (χ0v) is 15.6. The number of aryl methyl sites for hydroxylation is 1. The second-order valence-electron chi connectivity index (χ2n) is 6.22. The van der Waals surface area contributed by atoms with Crippen LogP contribution in [-0.2, 0) is 4.74 Å². The van der Waals surface area contributed by atoms with Gasteiger partial charge in [-0.05, 0) is 41.8 Å². The molecule has 1 aliphatic heterocycles. The van der Waals surface area contributed by atoms with E-state index in [9.17, 15) is 4.79 Å². The number of carbonyl (C=O) groups is 1. The molecule has 0 unspecified atom stereocenters. The fraction of sp³-hybridized carbons (Fsp3) is 0.350. The van der Waals surface area contributed by atoms with Crippen LogP contribution in [0.3, 0.4) is 0 Å². The lowest BCUT2D eigenvalue weighted by Gasteiger charge is -2.27. The first kappa shape index (κ1) is 18.7. The fourth-order valence-corrected chi connectivity index (χ4v) is 3.22. The minimum atomic E-state index is 0.0564. The number of nitrogens with zero attached hydrogens (tertiary/aromatic N) is 1. The molecular weight excluding hydrogens is 352 g/mol. The van der Waals surface area contributed by atoms with Gasteiger partial charge in [0.15, 0.2) is 0 Å². The van der Waals surface area contributed by atoms with Crippen LogP contribution in [0.25, 0.3) is 11.1 Å². The van der Waals surface area contributed by atoms with E-state index in [1.54, 1.807) is 0 Å². The van der Waals surface area contributed by atoms with E-state index in [0.29, 0.717) is 50.2 Å². The van der Waals surface area contributed by atoms with E-state index in [1.807, 2.05) is 48.2 Å². The molecule has 0 radical (unpaired) electrons. The molecule has 0 spiro atoms. The predicted octanol–water partition coefficient (Wildman–Crippen LogP) is 3.13. The third-order valence-corrected chi connectivity index (χ3v) is 4.69. The summed E-state index contributed by atoms with van der Waals surface area (Å²) in [6.45, 7) is 5.30. The van der Waals surface area contributed by atoms with E-state index in [4.69, 9.17) is 26.8 Å². The highest BCUT2D eigenvalue weighted by Gasteiger charge is 2.20. The van der Waals surface area contributed by atoms with Crippen molar-refractivity contribution in [1.82, 2.24) is 4.90 Å². The number of carbonyl (C=O) groups excluding carboxylic acids is 1. The standard InChI is InChI=1S/C20H23ClN2O3/c1-14-12-15(16-3-5-19(18(21)13-16)26-9-6-22)2-4-17(14)20(24)23-7-10-25-11-8-23/h2-5,12-13H,6-11,22H2,1H3. The van der Waals surface area contributed by atoms with Crippen LogP contribution in [0.4, 0.5) is 0 Å². The highest BCUT2D eigenvalue weighted by Crippen LogP contribution is 2.31. The number of nitrogens with two attached hydrogens (primary N) is 1. The van der Waals surface area contributed by atoms with Gasteiger partial charge in [0.25, 0.3) is 5.91 Å². The van der Waals surface area contributed by atoms with Crippen LogP contribution in [0, 0.1) is 6.92 Å². The normalized spacial score (nSPS) is 14.3. The molecule has 2 aromatic carbocycles. The fourth-order valence-electron chi connectivity index (χ4n) is 2.99. The Morgan fingerprint density at radius 3 is 2.54 bits per heavy atom. The maximum absolute atomic E-state index is 12.7. The molecule has 1 saturated heterocycles. The number of hydrogen-bond donors (Lipinski definition) is 1. The van der Waals surface area contributed by atoms with E-state index >= 15 is 0 Å². The first-order valence-electron chi connectivity index (χ1n) is 8.70. The highest BCUT2D eigenvalue weighted by atomic mass is 35.5. The van der Waals surface area contributed by atoms with Crippen LogP contribution in [0.1, 0.15) is 15.9 Å². The molecular formula is C20H23ClN2O3. The summed E-state index contributed by atoms with van der Waals surface area (Å²) >= 11 is 6.30. The van der Waals surface area contributed by atoms with Gasteiger partial charge in [0.2, 0.25) is 0 Å². The predicted molar refractivity (Wildman–Crippen MR) is 103 cm³/mol. The van der Waals surface area contributed by atoms with Crippen molar-refractivity contribution in [1.29, 1.82) is 0 Å². The molecule has 1 amide bonds. The Bertz CT molecular complexity index is 789. The van der Waals surface area contributed by atoms with Gasteiger partial charge in [0, 0.05) is 25.2 Å². The van der Waals surface area contributed by atoms with Crippen LogP contribution >= 0.6 is 11.6 Å². The molecule has 6 heteroatoms. The quantitative estimate of drug-likeness (QED) is 0.873. The minimum absolute atomic E-state index is 0.0564. The van der Waals surface area contributed by atoms with Crippen LogP contribution in [-0.4, -0.2) is 50.3 Å². The first-order valence-corrected chi connectivity index (χ1v) is 9.08. The smallest absolute Gasteiger partial charge is 0.254 e. The lowest BCUT2D eigenvalue weighted by molar-refractivity contribution is 0.0302. The van der Waals surface area contributed by atoms with Gasteiger partial charge in [0.05, 0.1) is 18.2 Å². The molecule has 0 saturated carbocycles. The number of hydrogen-bond acceptors (Lipinski definition) is 4. The summed E-state index contributed by atoms with van der Waals surface area (Å²) in [5, 5.41) is 0.544.